The van der Waals surface area contributed by atoms with Crippen molar-refractivity contribution in [3.63, 3.8) is 0 Å². The van der Waals surface area contributed by atoms with E-state index in [-0.39, 0.29) is 11.8 Å². The molecule has 2 amide bonds. The molecule has 1 N–H and O–H groups in total. The normalized spacial score (nSPS) is 11.9. The minimum absolute atomic E-state index is 0.0246. The molecule has 2 aromatic carbocycles. The third kappa shape index (κ3) is 8.32. The molecule has 0 heterocycles. The molecule has 29 heavy (non-hydrogen) atoms. The van der Waals surface area contributed by atoms with E-state index in [1.54, 1.807) is 16.7 Å². The maximum absolute atomic E-state index is 13.0. The highest BCUT2D eigenvalue weighted by molar-refractivity contribution is 7.99. The number of hydrogen-bond acceptors (Lipinski definition) is 3. The first-order chi connectivity index (χ1) is 14.0. The van der Waals surface area contributed by atoms with Crippen LogP contribution < -0.4 is 5.32 Å². The summed E-state index contributed by atoms with van der Waals surface area (Å²) in [5.74, 6) is 1.01. The van der Waals surface area contributed by atoms with Crippen LogP contribution in [-0.2, 0) is 16.0 Å². The minimum atomic E-state index is -0.480. The molecule has 2 rings (SSSR count). The summed E-state index contributed by atoms with van der Waals surface area (Å²) >= 11 is 1.67. The van der Waals surface area contributed by atoms with Crippen LogP contribution in [0.15, 0.2) is 65.6 Å². The average molecular weight is 413 g/mol. The first-order valence-electron chi connectivity index (χ1n) is 10.3. The Bertz CT molecular complexity index is 750. The van der Waals surface area contributed by atoms with Crippen LogP contribution in [0, 0.1) is 5.92 Å². The molecular formula is C24H32N2O2S. The third-order valence-corrected chi connectivity index (χ3v) is 5.68. The van der Waals surface area contributed by atoms with Gasteiger partial charge in [0.1, 0.15) is 6.04 Å². The van der Waals surface area contributed by atoms with Gasteiger partial charge in [0.15, 0.2) is 0 Å². The molecule has 0 radical (unpaired) electrons. The van der Waals surface area contributed by atoms with E-state index < -0.39 is 6.04 Å². The van der Waals surface area contributed by atoms with E-state index in [9.17, 15) is 9.59 Å². The maximum atomic E-state index is 13.0. The molecule has 0 aliphatic rings. The Balaban J connectivity index is 1.97. The van der Waals surface area contributed by atoms with Gasteiger partial charge in [0.25, 0.3) is 0 Å². The van der Waals surface area contributed by atoms with Gasteiger partial charge in [-0.25, -0.2) is 0 Å². The van der Waals surface area contributed by atoms with Gasteiger partial charge in [-0.2, -0.15) is 0 Å². The summed E-state index contributed by atoms with van der Waals surface area (Å²) in [5, 5.41) is 2.96. The van der Waals surface area contributed by atoms with Crippen LogP contribution in [0.3, 0.4) is 0 Å². The Morgan fingerprint density at radius 1 is 0.966 bits per heavy atom. The Morgan fingerprint density at radius 2 is 1.59 bits per heavy atom. The van der Waals surface area contributed by atoms with Crippen molar-refractivity contribution in [1.29, 1.82) is 0 Å². The molecular weight excluding hydrogens is 380 g/mol. The van der Waals surface area contributed by atoms with Crippen LogP contribution in [0.1, 0.15) is 32.8 Å². The van der Waals surface area contributed by atoms with Crippen molar-refractivity contribution in [2.75, 3.05) is 18.8 Å². The average Bonchev–Trinajstić information content (AvgIpc) is 2.73. The van der Waals surface area contributed by atoms with Crippen molar-refractivity contribution in [2.45, 2.75) is 44.6 Å². The summed E-state index contributed by atoms with van der Waals surface area (Å²) in [6, 6.07) is 19.7. The molecule has 0 saturated heterocycles. The number of carbonyl (C=O) groups excluding carboxylic acids is 2. The van der Waals surface area contributed by atoms with E-state index in [0.29, 0.717) is 31.2 Å². The fourth-order valence-corrected chi connectivity index (χ4v) is 3.80. The zero-order valence-corrected chi connectivity index (χ0v) is 18.5. The number of hydrogen-bond donors (Lipinski definition) is 1. The number of benzene rings is 2. The molecule has 156 valence electrons. The fourth-order valence-electron chi connectivity index (χ4n) is 2.94. The highest BCUT2D eigenvalue weighted by Gasteiger charge is 2.25. The van der Waals surface area contributed by atoms with Crippen LogP contribution in [0.4, 0.5) is 0 Å². The van der Waals surface area contributed by atoms with Crippen molar-refractivity contribution in [3.05, 3.63) is 66.2 Å². The molecule has 1 atom stereocenters. The molecule has 0 saturated carbocycles. The predicted molar refractivity (Wildman–Crippen MR) is 121 cm³/mol. The van der Waals surface area contributed by atoms with Gasteiger partial charge in [0.2, 0.25) is 11.8 Å². The highest BCUT2D eigenvalue weighted by atomic mass is 32.2. The molecule has 0 aromatic heterocycles. The largest absolute Gasteiger partial charge is 0.354 e. The van der Waals surface area contributed by atoms with Gasteiger partial charge in [0.05, 0.1) is 0 Å². The van der Waals surface area contributed by atoms with Crippen molar-refractivity contribution < 1.29 is 9.59 Å². The van der Waals surface area contributed by atoms with E-state index in [1.165, 1.54) is 5.56 Å². The van der Waals surface area contributed by atoms with Gasteiger partial charge in [0, 0.05) is 30.2 Å². The Hall–Kier alpha value is -2.27. The molecule has 0 unspecified atom stereocenters. The van der Waals surface area contributed by atoms with E-state index in [4.69, 9.17) is 0 Å². The molecule has 2 aromatic rings. The van der Waals surface area contributed by atoms with Crippen LogP contribution in [0.2, 0.25) is 0 Å². The SMILES string of the molecule is CC(C)CNC(=O)[C@@H](C)N(CCc1ccccc1)C(=O)CCSc1ccccc1. The van der Waals surface area contributed by atoms with Gasteiger partial charge in [-0.15, -0.1) is 11.8 Å². The van der Waals surface area contributed by atoms with E-state index >= 15 is 0 Å². The first-order valence-corrected chi connectivity index (χ1v) is 11.2. The van der Waals surface area contributed by atoms with Crippen LogP contribution in [-0.4, -0.2) is 41.6 Å². The van der Waals surface area contributed by atoms with Crippen molar-refractivity contribution >= 4 is 23.6 Å². The van der Waals surface area contributed by atoms with Gasteiger partial charge in [-0.1, -0.05) is 62.4 Å². The number of carbonyl (C=O) groups is 2. The molecule has 0 bridgehead atoms. The van der Waals surface area contributed by atoms with Crippen LogP contribution in [0.25, 0.3) is 0 Å². The van der Waals surface area contributed by atoms with Crippen LogP contribution in [0.5, 0.6) is 0 Å². The predicted octanol–water partition coefficient (Wildman–Crippen LogP) is 4.40. The van der Waals surface area contributed by atoms with Gasteiger partial charge >= 0.3 is 0 Å². The smallest absolute Gasteiger partial charge is 0.242 e. The van der Waals surface area contributed by atoms with E-state index in [1.807, 2.05) is 55.5 Å². The summed E-state index contributed by atoms with van der Waals surface area (Å²) in [4.78, 5) is 28.4. The molecule has 0 fully saturated rings. The minimum Gasteiger partial charge on any atom is -0.354 e. The maximum Gasteiger partial charge on any atom is 0.242 e. The van der Waals surface area contributed by atoms with Crippen molar-refractivity contribution in [2.24, 2.45) is 5.92 Å². The number of nitrogens with one attached hydrogen (secondary N) is 1. The summed E-state index contributed by atoms with van der Waals surface area (Å²) in [5.41, 5.74) is 1.17. The number of nitrogens with zero attached hydrogens (tertiary/aromatic N) is 1. The summed E-state index contributed by atoms with van der Waals surface area (Å²) < 4.78 is 0. The highest BCUT2D eigenvalue weighted by Crippen LogP contribution is 2.19. The second kappa shape index (κ2) is 12.3. The number of thioether (sulfide) groups is 1. The Morgan fingerprint density at radius 3 is 2.21 bits per heavy atom. The lowest BCUT2D eigenvalue weighted by Crippen LogP contribution is -2.49. The standard InChI is InChI=1S/C24H32N2O2S/c1-19(2)18-25-24(28)20(3)26(16-14-21-10-6-4-7-11-21)23(27)15-17-29-22-12-8-5-9-13-22/h4-13,19-20H,14-18H2,1-3H3,(H,25,28)/t20-/m1/s1. The summed E-state index contributed by atoms with van der Waals surface area (Å²) in [7, 11) is 0. The van der Waals surface area contributed by atoms with Gasteiger partial charge in [-0.05, 0) is 37.0 Å². The first kappa shape index (κ1) is 23.0. The lowest BCUT2D eigenvalue weighted by molar-refractivity contribution is -0.139. The lowest BCUT2D eigenvalue weighted by Gasteiger charge is -2.29. The zero-order chi connectivity index (χ0) is 21.1. The Labute approximate surface area is 179 Å². The molecule has 0 aliphatic heterocycles. The molecule has 4 nitrogen and oxygen atoms in total. The summed E-state index contributed by atoms with van der Waals surface area (Å²) in [6.07, 6.45) is 1.15. The second-order valence-electron chi connectivity index (χ2n) is 7.55. The zero-order valence-electron chi connectivity index (χ0n) is 17.6. The van der Waals surface area contributed by atoms with E-state index in [2.05, 4.69) is 31.3 Å². The monoisotopic (exact) mass is 412 g/mol. The molecule has 0 aliphatic carbocycles. The van der Waals surface area contributed by atoms with Crippen LogP contribution >= 0.6 is 11.8 Å². The molecule has 5 heteroatoms. The second-order valence-corrected chi connectivity index (χ2v) is 8.72. The van der Waals surface area contributed by atoms with Gasteiger partial charge < -0.3 is 10.2 Å². The van der Waals surface area contributed by atoms with Crippen molar-refractivity contribution in [3.8, 4) is 0 Å². The molecule has 0 spiro atoms. The lowest BCUT2D eigenvalue weighted by atomic mass is 10.1. The third-order valence-electron chi connectivity index (χ3n) is 4.66. The number of amides is 2. The summed E-state index contributed by atoms with van der Waals surface area (Å²) in [6.45, 7) is 7.10. The topological polar surface area (TPSA) is 49.4 Å². The fraction of sp³-hybridized carbons (Fsp3) is 0.417. The van der Waals surface area contributed by atoms with Crippen molar-refractivity contribution in [1.82, 2.24) is 10.2 Å². The quantitative estimate of drug-likeness (QED) is 0.557. The van der Waals surface area contributed by atoms with Gasteiger partial charge in [-0.3, -0.25) is 9.59 Å². The Kier molecular flexibility index (Phi) is 9.78. The number of rotatable bonds is 11. The van der Waals surface area contributed by atoms with E-state index in [0.717, 1.165) is 11.3 Å².